The van der Waals surface area contributed by atoms with Crippen molar-refractivity contribution in [1.29, 1.82) is 0 Å². The van der Waals surface area contributed by atoms with Crippen molar-refractivity contribution in [2.45, 2.75) is 63.2 Å². The van der Waals surface area contributed by atoms with Crippen LogP contribution in [-0.2, 0) is 10.2 Å². The average Bonchev–Trinajstić information content (AvgIpc) is 3.62. The molecule has 1 saturated heterocycles. The smallest absolute Gasteiger partial charge is 0.261 e. The predicted octanol–water partition coefficient (Wildman–Crippen LogP) is 5.82. The van der Waals surface area contributed by atoms with Gasteiger partial charge in [-0.1, -0.05) is 92.5 Å². The summed E-state index contributed by atoms with van der Waals surface area (Å²) >= 11 is 0. The van der Waals surface area contributed by atoms with E-state index in [1.54, 1.807) is 24.3 Å². The highest BCUT2D eigenvalue weighted by atomic mass is 16.2. The Balaban J connectivity index is 0.963. The van der Waals surface area contributed by atoms with Crippen LogP contribution in [-0.4, -0.2) is 78.7 Å². The Morgan fingerprint density at radius 1 is 0.844 bits per heavy atom. The zero-order chi connectivity index (χ0) is 31.6. The van der Waals surface area contributed by atoms with Crippen molar-refractivity contribution >= 4 is 17.7 Å². The number of fused-ring (bicyclic) bond motifs is 1. The quantitative estimate of drug-likeness (QED) is 0.180. The summed E-state index contributed by atoms with van der Waals surface area (Å²) in [5.41, 5.74) is 7.72. The summed E-state index contributed by atoms with van der Waals surface area (Å²) in [5, 5.41) is 0. The van der Waals surface area contributed by atoms with Gasteiger partial charge >= 0.3 is 0 Å². The lowest BCUT2D eigenvalue weighted by molar-refractivity contribution is -0.127. The van der Waals surface area contributed by atoms with Gasteiger partial charge < -0.3 is 15.5 Å². The maximum Gasteiger partial charge on any atom is 0.261 e. The zero-order valence-electron chi connectivity index (χ0n) is 26.9. The molecule has 0 bridgehead atoms. The van der Waals surface area contributed by atoms with Crippen molar-refractivity contribution in [2.24, 2.45) is 17.6 Å². The third-order valence-corrected chi connectivity index (χ3v) is 10.2. The number of carbonyl (C=O) groups excluding carboxylic acids is 3. The molecule has 0 saturated carbocycles. The van der Waals surface area contributed by atoms with E-state index in [9.17, 15) is 14.4 Å². The maximum atomic E-state index is 13.3. The van der Waals surface area contributed by atoms with Crippen molar-refractivity contribution in [1.82, 2.24) is 14.7 Å². The van der Waals surface area contributed by atoms with Gasteiger partial charge in [0.1, 0.15) is 0 Å². The molecule has 3 amide bonds. The number of allylic oxidation sites excluding steroid dienone is 4. The second-order valence-corrected chi connectivity index (χ2v) is 13.1. The summed E-state index contributed by atoms with van der Waals surface area (Å²) in [6.07, 6.45) is 18.4. The Labute approximate surface area is 269 Å². The lowest BCUT2D eigenvalue weighted by Crippen LogP contribution is -2.53. The fourth-order valence-corrected chi connectivity index (χ4v) is 7.80. The molecule has 2 aromatic rings. The lowest BCUT2D eigenvalue weighted by atomic mass is 9.60. The number of carbonyl (C=O) groups is 3. The van der Waals surface area contributed by atoms with Gasteiger partial charge in [-0.25, -0.2) is 0 Å². The molecule has 3 aliphatic rings. The van der Waals surface area contributed by atoms with Crippen LogP contribution in [0.25, 0.3) is 0 Å². The van der Waals surface area contributed by atoms with Gasteiger partial charge in [0.2, 0.25) is 5.91 Å². The van der Waals surface area contributed by atoms with Gasteiger partial charge in [-0.05, 0) is 94.9 Å². The molecular formula is C38H50N4O3. The Morgan fingerprint density at radius 2 is 1.49 bits per heavy atom. The first-order chi connectivity index (χ1) is 21.9. The monoisotopic (exact) mass is 610 g/mol. The maximum absolute atomic E-state index is 13.3. The molecule has 0 aromatic heterocycles. The van der Waals surface area contributed by atoms with E-state index in [-0.39, 0.29) is 29.6 Å². The average molecular weight is 611 g/mol. The molecule has 45 heavy (non-hydrogen) atoms. The standard InChI is InChI=1S/C38H50N4O3/c1-40(25-16-27-42-35(43)33-21-12-13-22-34(33)36(42)44)24-14-4-2-3-5-15-26-41-28-23-32(29-41)38(37(39)45,30-17-8-6-9-18-30)31-19-10-7-11-20-31/h6-13,17-19,21-22,31-32H,2-5,14-16,20,23-29H2,1H3,(H2,39,45). The van der Waals surface area contributed by atoms with Crippen LogP contribution in [0.2, 0.25) is 0 Å². The number of primary amides is 1. The molecule has 0 spiro atoms. The molecule has 3 atom stereocenters. The Bertz CT molecular complexity index is 1340. The number of amides is 3. The van der Waals surface area contributed by atoms with Crippen LogP contribution in [0.3, 0.4) is 0 Å². The lowest BCUT2D eigenvalue weighted by Gasteiger charge is -2.42. The molecule has 240 valence electrons. The van der Waals surface area contributed by atoms with E-state index < -0.39 is 5.41 Å². The number of unbranched alkanes of at least 4 members (excludes halogenated alkanes) is 5. The van der Waals surface area contributed by atoms with Crippen LogP contribution in [0.4, 0.5) is 0 Å². The first-order valence-corrected chi connectivity index (χ1v) is 17.0. The van der Waals surface area contributed by atoms with Crippen LogP contribution in [0.1, 0.15) is 84.1 Å². The molecule has 2 N–H and O–H groups in total. The summed E-state index contributed by atoms with van der Waals surface area (Å²) in [5.74, 6) is -0.226. The van der Waals surface area contributed by atoms with Crippen LogP contribution in [0.5, 0.6) is 0 Å². The Kier molecular flexibility index (Phi) is 11.4. The van der Waals surface area contributed by atoms with Gasteiger partial charge in [-0.15, -0.1) is 0 Å². The van der Waals surface area contributed by atoms with E-state index in [2.05, 4.69) is 53.3 Å². The van der Waals surface area contributed by atoms with Crippen molar-refractivity contribution in [3.8, 4) is 0 Å². The molecule has 0 radical (unpaired) electrons. The largest absolute Gasteiger partial charge is 0.369 e. The molecule has 7 nitrogen and oxygen atoms in total. The van der Waals surface area contributed by atoms with Crippen molar-refractivity contribution in [2.75, 3.05) is 46.3 Å². The number of hydrogen-bond acceptors (Lipinski definition) is 5. The van der Waals surface area contributed by atoms with Gasteiger partial charge in [-0.3, -0.25) is 19.3 Å². The number of hydrogen-bond donors (Lipinski definition) is 1. The zero-order valence-corrected chi connectivity index (χ0v) is 26.9. The minimum atomic E-state index is -0.681. The van der Waals surface area contributed by atoms with Crippen LogP contribution < -0.4 is 5.73 Å². The Hall–Kier alpha value is -3.55. The van der Waals surface area contributed by atoms with Gasteiger partial charge in [0.25, 0.3) is 11.8 Å². The molecule has 5 rings (SSSR count). The number of rotatable bonds is 17. The minimum absolute atomic E-state index is 0.0859. The van der Waals surface area contributed by atoms with Crippen LogP contribution in [0, 0.1) is 11.8 Å². The van der Waals surface area contributed by atoms with Gasteiger partial charge in [0.15, 0.2) is 0 Å². The highest BCUT2D eigenvalue weighted by Gasteiger charge is 2.52. The van der Waals surface area contributed by atoms with Crippen molar-refractivity contribution in [3.05, 3.63) is 95.6 Å². The summed E-state index contributed by atoms with van der Waals surface area (Å²) in [7, 11) is 2.12. The second-order valence-electron chi connectivity index (χ2n) is 13.1. The second kappa shape index (κ2) is 15.6. The highest BCUT2D eigenvalue weighted by molar-refractivity contribution is 6.21. The number of imide groups is 1. The fraction of sp³-hybridized carbons (Fsp3) is 0.500. The molecule has 7 heteroatoms. The third kappa shape index (κ3) is 7.47. The first kappa shape index (κ1) is 32.8. The number of likely N-dealkylation sites (tertiary alicyclic amines) is 1. The van der Waals surface area contributed by atoms with Crippen molar-refractivity contribution < 1.29 is 14.4 Å². The molecule has 2 heterocycles. The molecule has 2 aromatic carbocycles. The molecular weight excluding hydrogens is 560 g/mol. The van der Waals surface area contributed by atoms with Gasteiger partial charge in [0.05, 0.1) is 16.5 Å². The number of nitrogens with two attached hydrogens (primary N) is 1. The van der Waals surface area contributed by atoms with E-state index in [4.69, 9.17) is 5.73 Å². The van der Waals surface area contributed by atoms with Crippen LogP contribution >= 0.6 is 0 Å². The van der Waals surface area contributed by atoms with E-state index in [1.165, 1.54) is 37.0 Å². The summed E-state index contributed by atoms with van der Waals surface area (Å²) < 4.78 is 0. The summed E-state index contributed by atoms with van der Waals surface area (Å²) in [6.45, 7) is 5.41. The Morgan fingerprint density at radius 3 is 2.16 bits per heavy atom. The van der Waals surface area contributed by atoms with Gasteiger partial charge in [0, 0.05) is 13.1 Å². The van der Waals surface area contributed by atoms with Gasteiger partial charge in [-0.2, -0.15) is 0 Å². The molecule has 3 unspecified atom stereocenters. The normalized spacial score (nSPS) is 21.1. The summed E-state index contributed by atoms with van der Waals surface area (Å²) in [6, 6.07) is 17.3. The number of benzene rings is 2. The fourth-order valence-electron chi connectivity index (χ4n) is 7.80. The van der Waals surface area contributed by atoms with Crippen molar-refractivity contribution in [3.63, 3.8) is 0 Å². The molecule has 2 aliphatic heterocycles. The van der Waals surface area contributed by atoms with E-state index >= 15 is 0 Å². The molecule has 1 fully saturated rings. The first-order valence-electron chi connectivity index (χ1n) is 17.0. The molecule has 1 aliphatic carbocycles. The minimum Gasteiger partial charge on any atom is -0.369 e. The van der Waals surface area contributed by atoms with E-state index in [1.807, 2.05) is 18.2 Å². The topological polar surface area (TPSA) is 86.9 Å². The van der Waals surface area contributed by atoms with E-state index in [0.717, 1.165) is 64.0 Å². The SMILES string of the molecule is CN(CCCCCCCCN1CCC(C(C(N)=O)(c2ccccc2)C2C=CC=CC2)C1)CCCN1C(=O)c2ccccc2C1=O. The highest BCUT2D eigenvalue weighted by Crippen LogP contribution is 2.46. The predicted molar refractivity (Wildman–Crippen MR) is 180 cm³/mol. The summed E-state index contributed by atoms with van der Waals surface area (Å²) in [4.78, 5) is 44.6. The third-order valence-electron chi connectivity index (χ3n) is 10.2. The van der Waals surface area contributed by atoms with E-state index in [0.29, 0.717) is 17.7 Å². The van der Waals surface area contributed by atoms with Crippen LogP contribution in [0.15, 0.2) is 78.9 Å². The number of nitrogens with zero attached hydrogens (tertiary/aromatic N) is 3.